The molecule has 0 saturated carbocycles. The molecule has 96 heavy (non-hydrogen) atoms. The minimum absolute atomic E-state index is 0. The van der Waals surface area contributed by atoms with Crippen molar-refractivity contribution in [3.8, 4) is 63.2 Å². The molecule has 7 rings (SSSR count). The number of ether oxygens (including phenoxy) is 7. The molecular formula is C59H56Br5Cl3LiN3O25. The number of methoxy groups -OCH3 is 7. The van der Waals surface area contributed by atoms with Crippen LogP contribution in [0.4, 0.5) is 17.1 Å². The van der Waals surface area contributed by atoms with E-state index in [9.17, 15) is 74.2 Å². The zero-order valence-electron chi connectivity index (χ0n) is 51.8. The summed E-state index contributed by atoms with van der Waals surface area (Å²) in [5.41, 5.74) is 8.66. The van der Waals surface area contributed by atoms with E-state index in [2.05, 4.69) is 89.1 Å². The molecular weight excluding hydrogens is 1660 g/mol. The number of benzene rings is 7. The summed E-state index contributed by atoms with van der Waals surface area (Å²) in [6, 6.07) is 14.8. The van der Waals surface area contributed by atoms with Crippen molar-refractivity contribution in [3.05, 3.63) is 174 Å². The number of aldehydes is 6. The van der Waals surface area contributed by atoms with E-state index in [4.69, 9.17) is 69.3 Å². The number of nitro groups is 2. The smallest absolute Gasteiger partial charge is 0.870 e. The van der Waals surface area contributed by atoms with Crippen LogP contribution in [0.15, 0.2) is 83.0 Å². The summed E-state index contributed by atoms with van der Waals surface area (Å²) >= 11 is 33.1. The number of nitro benzene ring substituents is 2. The molecule has 28 nitrogen and oxygen atoms in total. The number of carbonyl (C=O) groups excluding carboxylic acids is 6. The van der Waals surface area contributed by atoms with Crippen molar-refractivity contribution < 1.29 is 132 Å². The maximum absolute atomic E-state index is 10.8. The maximum Gasteiger partial charge on any atom is 1.00 e. The van der Waals surface area contributed by atoms with Gasteiger partial charge in [0, 0.05) is 42.3 Å². The number of carboxylic acids is 1. The van der Waals surface area contributed by atoms with Crippen molar-refractivity contribution >= 4 is 175 Å². The normalized spacial score (nSPS) is 9.40. The number of phenolic OH excluding ortho intramolecular Hbond substituents is 4. The van der Waals surface area contributed by atoms with Gasteiger partial charge in [-0.05, 0) is 123 Å². The second-order valence-electron chi connectivity index (χ2n) is 17.2. The number of anilines is 1. The number of rotatable bonds is 16. The first kappa shape index (κ1) is 92.4. The Morgan fingerprint density at radius 2 is 0.844 bits per heavy atom. The van der Waals surface area contributed by atoms with Crippen LogP contribution in [0.3, 0.4) is 0 Å². The molecule has 0 fully saturated rings. The van der Waals surface area contributed by atoms with Gasteiger partial charge < -0.3 is 75.4 Å². The average molecular weight is 1720 g/mol. The molecule has 7 aromatic carbocycles. The summed E-state index contributed by atoms with van der Waals surface area (Å²) in [5.74, 6) is -0.825. The Hall–Kier alpha value is -7.78. The molecule has 514 valence electrons. The van der Waals surface area contributed by atoms with Crippen molar-refractivity contribution in [1.82, 2.24) is 0 Å². The summed E-state index contributed by atoms with van der Waals surface area (Å²) in [6.45, 7) is 5.59. The topological polar surface area (TPSA) is 459 Å². The Morgan fingerprint density at radius 3 is 1.24 bits per heavy atom. The Labute approximate surface area is 615 Å². The van der Waals surface area contributed by atoms with Gasteiger partial charge in [-0.2, -0.15) is 0 Å². The van der Waals surface area contributed by atoms with Gasteiger partial charge in [0.1, 0.15) is 23.5 Å². The molecule has 10 N–H and O–H groups in total. The number of nitrogens with two attached hydrogens (primary N) is 1. The largest absolute Gasteiger partial charge is 1.00 e. The molecule has 0 radical (unpaired) electrons. The Balaban J connectivity index is -0.00000105. The number of carbonyl (C=O) groups is 7. The van der Waals surface area contributed by atoms with Crippen LogP contribution in [0.5, 0.6) is 63.2 Å². The first-order valence-corrected chi connectivity index (χ1v) is 29.9. The summed E-state index contributed by atoms with van der Waals surface area (Å²) in [6.07, 6.45) is 3.36. The van der Waals surface area contributed by atoms with Crippen LogP contribution in [0.2, 0.25) is 15.1 Å². The van der Waals surface area contributed by atoms with E-state index in [-0.39, 0.29) is 118 Å². The first-order chi connectivity index (χ1) is 43.7. The van der Waals surface area contributed by atoms with E-state index >= 15 is 0 Å². The molecule has 7 aromatic rings. The van der Waals surface area contributed by atoms with Gasteiger partial charge in [0.25, 0.3) is 0 Å². The fraction of sp³-hybridized carbons (Fsp3) is 0.169. The molecule has 37 heteroatoms. The van der Waals surface area contributed by atoms with Crippen molar-refractivity contribution in [2.45, 2.75) is 20.8 Å². The van der Waals surface area contributed by atoms with Gasteiger partial charge in [0.05, 0.1) is 110 Å². The van der Waals surface area contributed by atoms with Gasteiger partial charge in [-0.3, -0.25) is 49.0 Å². The minimum atomic E-state index is -1.07. The predicted molar refractivity (Wildman–Crippen MR) is 368 cm³/mol. The van der Waals surface area contributed by atoms with Gasteiger partial charge in [-0.25, -0.2) is 4.79 Å². The van der Waals surface area contributed by atoms with E-state index in [0.717, 1.165) is 51.4 Å². The molecule has 0 saturated heterocycles. The van der Waals surface area contributed by atoms with E-state index in [1.54, 1.807) is 32.2 Å². The summed E-state index contributed by atoms with van der Waals surface area (Å²) in [4.78, 5) is 93.5. The molecule has 0 amide bonds. The van der Waals surface area contributed by atoms with E-state index in [1.165, 1.54) is 60.9 Å². The summed E-state index contributed by atoms with van der Waals surface area (Å²) in [5, 5.41) is 68.2. The summed E-state index contributed by atoms with van der Waals surface area (Å²) in [7, 11) is 9.65. The SMILES string of the molecule is COc1c(C)c(Br)cc(C(=O)O)c1Cl.COc1c(C)c(Br)cc(C=O)c1Cl.COc1c(N)c(C=O)cc(Br)c1O.COc1c(O)c(Br)cc(C=O)c1Cl.COc1c(O)c(Br)cc(C=O)c1[N+](=O)[O-].COc1c(O)ccc(C=O)c1[N+](=O)[O-].COc1cc(C=O)ccc1C.O.[Li+].[OH-]. The molecule has 0 aliphatic carbocycles. The Bertz CT molecular complexity index is 3780. The third kappa shape index (κ3) is 24.4. The number of nitrogen functional groups attached to an aromatic ring is 1. The van der Waals surface area contributed by atoms with Gasteiger partial charge in [0.2, 0.25) is 11.5 Å². The number of phenols is 4. The van der Waals surface area contributed by atoms with Gasteiger partial charge in [0.15, 0.2) is 65.9 Å². The first-order valence-electron chi connectivity index (χ1n) is 24.8. The molecule has 0 aliphatic rings. The zero-order valence-corrected chi connectivity index (χ0v) is 62.0. The fourth-order valence-corrected chi connectivity index (χ4v) is 10.1. The molecule has 0 spiro atoms. The fourth-order valence-electron chi connectivity index (χ4n) is 7.04. The van der Waals surface area contributed by atoms with Crippen molar-refractivity contribution in [2.75, 3.05) is 55.5 Å². The maximum atomic E-state index is 10.8. The number of hydrogen-bond acceptors (Lipinski definition) is 24. The standard InChI is InChI=1S/C9H8BrClO3.C9H8BrClO2.C9H10O2.C8H6BrClO3.C8H6BrNO5.C8H8BrNO3.C8H7NO5.Li.2H2O/c1-4-6(10)3-5(9(12)13)7(11)8(4)14-2;1-5-7(10)3-6(4-12)8(11)9(5)13-2;1-7-3-4-8(6-10)5-9(7)11-2;1-13-8-6(10)4(3-11)2-5(9)7(8)12;1-15-8-6(10(13)14)4(3-11)2-5(9)7(8)12;1-13-8-6(10)4(3-11)2-5(9)7(8)12;1-14-8-6(11)3-2-5(4-10)7(8)9(12)13;;;/h3H,1-2H3,(H,12,13);3-4H,1-2H3;3-6H,1-2H3;2-3,12H,1H3;2-3,12H,1H3;2-3,12H,10H2,1H3;2-4,11H,1H3;;2*1H2/q;;;;;;;+1;;/p-1. The van der Waals surface area contributed by atoms with Crippen LogP contribution in [0.25, 0.3) is 0 Å². The van der Waals surface area contributed by atoms with Crippen molar-refractivity contribution in [2.24, 2.45) is 0 Å². The predicted octanol–water partition coefficient (Wildman–Crippen LogP) is 11.4. The third-order valence-corrected chi connectivity index (χ3v) is 16.3. The monoisotopic (exact) mass is 1710 g/mol. The van der Waals surface area contributed by atoms with Gasteiger partial charge in [-0.15, -0.1) is 0 Å². The number of hydrogen-bond donors (Lipinski definition) is 6. The molecule has 0 unspecified atom stereocenters. The molecule has 0 bridgehead atoms. The van der Waals surface area contributed by atoms with Crippen LogP contribution in [0.1, 0.15) is 89.2 Å². The second-order valence-corrected chi connectivity index (χ2v) is 22.6. The van der Waals surface area contributed by atoms with Crippen LogP contribution in [-0.2, 0) is 0 Å². The third-order valence-electron chi connectivity index (χ3n) is 11.7. The van der Waals surface area contributed by atoms with Crippen LogP contribution < -0.4 is 57.8 Å². The Kier molecular flexibility index (Phi) is 43.2. The number of aromatic carboxylic acids is 1. The molecule has 0 aliphatic heterocycles. The van der Waals surface area contributed by atoms with Crippen molar-refractivity contribution in [3.63, 3.8) is 0 Å². The van der Waals surface area contributed by atoms with E-state index < -0.39 is 32.9 Å². The number of aryl methyl sites for hydroxylation is 1. The van der Waals surface area contributed by atoms with E-state index in [0.29, 0.717) is 72.5 Å². The Morgan fingerprint density at radius 1 is 0.479 bits per heavy atom. The number of halogens is 8. The van der Waals surface area contributed by atoms with Crippen LogP contribution in [0, 0.1) is 41.0 Å². The molecule has 0 aromatic heterocycles. The van der Waals surface area contributed by atoms with Crippen LogP contribution in [-0.4, -0.2) is 140 Å². The quantitative estimate of drug-likeness (QED) is 0.0172. The number of carboxylic acid groups (broad SMARTS) is 1. The minimum Gasteiger partial charge on any atom is -0.870 e. The van der Waals surface area contributed by atoms with Crippen molar-refractivity contribution in [1.29, 1.82) is 0 Å². The zero-order chi connectivity index (χ0) is 71.5. The summed E-state index contributed by atoms with van der Waals surface area (Å²) < 4.78 is 36.5. The number of nitrogens with zero attached hydrogens (tertiary/aromatic N) is 2. The van der Waals surface area contributed by atoms with Crippen LogP contribution >= 0.6 is 114 Å². The molecule has 0 atom stereocenters. The molecule has 0 heterocycles. The van der Waals surface area contributed by atoms with Gasteiger partial charge in [-0.1, -0.05) is 78.8 Å². The van der Waals surface area contributed by atoms with E-state index in [1.807, 2.05) is 19.9 Å². The second kappa shape index (κ2) is 44.9. The van der Waals surface area contributed by atoms with Gasteiger partial charge >= 0.3 is 36.2 Å². The average Bonchev–Trinajstić information content (AvgIpc) is 0.857. The number of aromatic hydroxyl groups is 4.